The van der Waals surface area contributed by atoms with E-state index in [4.69, 9.17) is 0 Å². The molecular formula is C20H24N2O3S. The average molecular weight is 372 g/mol. The Morgan fingerprint density at radius 2 is 1.88 bits per heavy atom. The van der Waals surface area contributed by atoms with Crippen LogP contribution in [0.1, 0.15) is 32.3 Å². The number of nitrogens with zero attached hydrogens (tertiary/aromatic N) is 1. The largest absolute Gasteiger partial charge is 0.326 e. The monoisotopic (exact) mass is 372 g/mol. The third-order valence-electron chi connectivity index (χ3n) is 4.37. The highest BCUT2D eigenvalue weighted by Gasteiger charge is 2.29. The van der Waals surface area contributed by atoms with Crippen LogP contribution in [-0.2, 0) is 21.2 Å². The van der Waals surface area contributed by atoms with E-state index < -0.39 is 10.0 Å². The van der Waals surface area contributed by atoms with Crippen molar-refractivity contribution in [2.75, 3.05) is 16.2 Å². The summed E-state index contributed by atoms with van der Waals surface area (Å²) in [7, 11) is -3.62. The minimum atomic E-state index is -3.62. The Labute approximate surface area is 155 Å². The molecule has 6 heteroatoms. The lowest BCUT2D eigenvalue weighted by atomic mass is 10.0. The first-order chi connectivity index (χ1) is 12.4. The molecule has 1 amide bonds. The van der Waals surface area contributed by atoms with Crippen molar-refractivity contribution in [2.45, 2.75) is 38.0 Å². The van der Waals surface area contributed by atoms with Crippen LogP contribution < -0.4 is 9.62 Å². The summed E-state index contributed by atoms with van der Waals surface area (Å²) < 4.78 is 27.6. The predicted molar refractivity (Wildman–Crippen MR) is 104 cm³/mol. The van der Waals surface area contributed by atoms with Crippen LogP contribution in [0.2, 0.25) is 0 Å². The normalized spacial score (nSPS) is 14.2. The van der Waals surface area contributed by atoms with Crippen LogP contribution in [0.15, 0.2) is 53.4 Å². The molecule has 0 bridgehead atoms. The van der Waals surface area contributed by atoms with E-state index in [1.54, 1.807) is 36.4 Å². The molecule has 0 unspecified atom stereocenters. The molecular weight excluding hydrogens is 348 g/mol. The molecule has 1 aliphatic rings. The molecule has 0 spiro atoms. The predicted octanol–water partition coefficient (Wildman–Crippen LogP) is 3.81. The van der Waals surface area contributed by atoms with Crippen molar-refractivity contribution in [1.29, 1.82) is 0 Å². The molecule has 0 saturated heterocycles. The van der Waals surface area contributed by atoms with Crippen LogP contribution in [0.25, 0.3) is 0 Å². The topological polar surface area (TPSA) is 66.5 Å². The third kappa shape index (κ3) is 3.90. The maximum absolute atomic E-state index is 13.1. The van der Waals surface area contributed by atoms with E-state index in [9.17, 15) is 13.2 Å². The fourth-order valence-electron chi connectivity index (χ4n) is 3.17. The van der Waals surface area contributed by atoms with E-state index in [1.165, 1.54) is 4.31 Å². The fraction of sp³-hybridized carbons (Fsp3) is 0.350. The summed E-state index contributed by atoms with van der Waals surface area (Å²) in [6.07, 6.45) is 2.04. The van der Waals surface area contributed by atoms with Gasteiger partial charge < -0.3 is 5.32 Å². The highest BCUT2D eigenvalue weighted by molar-refractivity contribution is 7.92. The van der Waals surface area contributed by atoms with E-state index in [2.05, 4.69) is 5.32 Å². The number of nitrogens with one attached hydrogen (secondary N) is 1. The van der Waals surface area contributed by atoms with Crippen LogP contribution in [0.4, 0.5) is 11.4 Å². The Morgan fingerprint density at radius 1 is 1.15 bits per heavy atom. The van der Waals surface area contributed by atoms with Crippen molar-refractivity contribution in [3.8, 4) is 0 Å². The molecule has 1 heterocycles. The number of benzene rings is 2. The van der Waals surface area contributed by atoms with Crippen molar-refractivity contribution >= 4 is 27.3 Å². The molecule has 138 valence electrons. The summed E-state index contributed by atoms with van der Waals surface area (Å²) in [6, 6.07) is 14.0. The number of anilines is 2. The maximum Gasteiger partial charge on any atom is 0.264 e. The minimum Gasteiger partial charge on any atom is -0.326 e. The van der Waals surface area contributed by atoms with Gasteiger partial charge in [-0.15, -0.1) is 0 Å². The first-order valence-electron chi connectivity index (χ1n) is 8.88. The van der Waals surface area contributed by atoms with E-state index in [0.29, 0.717) is 24.3 Å². The van der Waals surface area contributed by atoms with Crippen LogP contribution in [0.3, 0.4) is 0 Å². The number of rotatable bonds is 5. The summed E-state index contributed by atoms with van der Waals surface area (Å²) >= 11 is 0. The standard InChI is InChI=1S/C20H24N2O3S/c1-15(2)13-20(23)21-17-11-10-16-7-6-12-22(19(16)14-17)26(24,25)18-8-4-3-5-9-18/h3-5,8-11,14-15H,6-7,12-13H2,1-2H3,(H,21,23). The molecule has 1 aliphatic heterocycles. The Bertz CT molecular complexity index is 893. The lowest BCUT2D eigenvalue weighted by Gasteiger charge is -2.31. The Morgan fingerprint density at radius 3 is 2.58 bits per heavy atom. The van der Waals surface area contributed by atoms with E-state index in [-0.39, 0.29) is 16.7 Å². The summed E-state index contributed by atoms with van der Waals surface area (Å²) in [4.78, 5) is 12.3. The number of carbonyl (C=O) groups is 1. The molecule has 0 aliphatic carbocycles. The van der Waals surface area contributed by atoms with Gasteiger partial charge in [0.15, 0.2) is 0 Å². The molecule has 26 heavy (non-hydrogen) atoms. The van der Waals surface area contributed by atoms with Crippen LogP contribution in [0.5, 0.6) is 0 Å². The van der Waals surface area contributed by atoms with Gasteiger partial charge in [-0.25, -0.2) is 8.42 Å². The fourth-order valence-corrected chi connectivity index (χ4v) is 4.72. The van der Waals surface area contributed by atoms with Gasteiger partial charge in [-0.05, 0) is 48.6 Å². The van der Waals surface area contributed by atoms with Gasteiger partial charge in [0.1, 0.15) is 0 Å². The van der Waals surface area contributed by atoms with Gasteiger partial charge in [0, 0.05) is 18.7 Å². The second-order valence-corrected chi connectivity index (χ2v) is 8.85. The van der Waals surface area contributed by atoms with E-state index in [1.807, 2.05) is 26.0 Å². The average Bonchev–Trinajstić information content (AvgIpc) is 2.61. The molecule has 2 aromatic rings. The van der Waals surface area contributed by atoms with Crippen LogP contribution in [-0.4, -0.2) is 20.9 Å². The molecule has 0 saturated carbocycles. The number of sulfonamides is 1. The van der Waals surface area contributed by atoms with Crippen molar-refractivity contribution in [1.82, 2.24) is 0 Å². The number of carbonyl (C=O) groups excluding carboxylic acids is 1. The third-order valence-corrected chi connectivity index (χ3v) is 6.20. The SMILES string of the molecule is CC(C)CC(=O)Nc1ccc2c(c1)N(S(=O)(=O)c1ccccc1)CCC2. The van der Waals surface area contributed by atoms with Gasteiger partial charge in [-0.2, -0.15) is 0 Å². The van der Waals surface area contributed by atoms with Crippen LogP contribution >= 0.6 is 0 Å². The first kappa shape index (κ1) is 18.5. The highest BCUT2D eigenvalue weighted by atomic mass is 32.2. The first-order valence-corrected chi connectivity index (χ1v) is 10.3. The van der Waals surface area contributed by atoms with Crippen molar-refractivity contribution in [2.24, 2.45) is 5.92 Å². The Hall–Kier alpha value is -2.34. The number of hydrogen-bond acceptors (Lipinski definition) is 3. The quantitative estimate of drug-likeness (QED) is 0.868. The van der Waals surface area contributed by atoms with Crippen molar-refractivity contribution in [3.05, 3.63) is 54.1 Å². The van der Waals surface area contributed by atoms with Gasteiger partial charge >= 0.3 is 0 Å². The van der Waals surface area contributed by atoms with Gasteiger partial charge in [-0.1, -0.05) is 38.1 Å². The van der Waals surface area contributed by atoms with Gasteiger partial charge in [-0.3, -0.25) is 9.10 Å². The molecule has 0 aromatic heterocycles. The summed E-state index contributed by atoms with van der Waals surface area (Å²) in [5.41, 5.74) is 2.27. The zero-order chi connectivity index (χ0) is 18.7. The number of amides is 1. The van der Waals surface area contributed by atoms with Crippen LogP contribution in [0, 0.1) is 5.92 Å². The zero-order valence-corrected chi connectivity index (χ0v) is 15.9. The molecule has 0 radical (unpaired) electrons. The molecule has 0 atom stereocenters. The highest BCUT2D eigenvalue weighted by Crippen LogP contribution is 2.34. The molecule has 5 nitrogen and oxygen atoms in total. The van der Waals surface area contributed by atoms with Gasteiger partial charge in [0.05, 0.1) is 10.6 Å². The van der Waals surface area contributed by atoms with Crippen molar-refractivity contribution < 1.29 is 13.2 Å². The second-order valence-electron chi connectivity index (χ2n) is 6.98. The maximum atomic E-state index is 13.1. The summed E-state index contributed by atoms with van der Waals surface area (Å²) in [5, 5.41) is 2.87. The lowest BCUT2D eigenvalue weighted by Crippen LogP contribution is -2.35. The lowest BCUT2D eigenvalue weighted by molar-refractivity contribution is -0.116. The molecule has 2 aromatic carbocycles. The van der Waals surface area contributed by atoms with E-state index >= 15 is 0 Å². The van der Waals surface area contributed by atoms with E-state index in [0.717, 1.165) is 18.4 Å². The minimum absolute atomic E-state index is 0.0618. The summed E-state index contributed by atoms with van der Waals surface area (Å²) in [5.74, 6) is 0.204. The second kappa shape index (κ2) is 7.50. The van der Waals surface area contributed by atoms with Crippen molar-refractivity contribution in [3.63, 3.8) is 0 Å². The molecule has 1 N–H and O–H groups in total. The van der Waals surface area contributed by atoms with Gasteiger partial charge in [0.25, 0.3) is 10.0 Å². The summed E-state index contributed by atoms with van der Waals surface area (Å²) in [6.45, 7) is 4.41. The number of hydrogen-bond donors (Lipinski definition) is 1. The molecule has 0 fully saturated rings. The van der Waals surface area contributed by atoms with Gasteiger partial charge in [0.2, 0.25) is 5.91 Å². The number of aryl methyl sites for hydroxylation is 1. The molecule has 3 rings (SSSR count). The Balaban J connectivity index is 1.93. The smallest absolute Gasteiger partial charge is 0.264 e. The Kier molecular flexibility index (Phi) is 5.32. The zero-order valence-electron chi connectivity index (χ0n) is 15.1. The number of fused-ring (bicyclic) bond motifs is 1.